The number of nitrogens with one attached hydrogen (secondary N) is 2. The van der Waals surface area contributed by atoms with E-state index in [4.69, 9.17) is 4.74 Å². The normalized spacial score (nSPS) is 14.6. The van der Waals surface area contributed by atoms with E-state index in [-0.39, 0.29) is 11.6 Å². The maximum atomic E-state index is 12.4. The highest BCUT2D eigenvalue weighted by Gasteiger charge is 2.23. The molecule has 148 valence electrons. The minimum atomic E-state index is -0.440. The second-order valence-corrected chi connectivity index (χ2v) is 6.92. The molecule has 1 aliphatic rings. The molecule has 28 heavy (non-hydrogen) atoms. The van der Waals surface area contributed by atoms with Crippen LogP contribution in [0.15, 0.2) is 42.5 Å². The number of carbonyl (C=O) groups excluding carboxylic acids is 1. The van der Waals surface area contributed by atoms with Gasteiger partial charge >= 0.3 is 0 Å². The number of non-ortho nitro benzene ring substituents is 1. The summed E-state index contributed by atoms with van der Waals surface area (Å²) in [5.41, 5.74) is 2.45. The average molecular weight is 385 g/mol. The molecule has 0 radical (unpaired) electrons. The Balaban J connectivity index is 1.52. The van der Waals surface area contributed by atoms with E-state index in [0.29, 0.717) is 17.8 Å². The summed E-state index contributed by atoms with van der Waals surface area (Å²) in [6, 6.07) is 12.5. The number of nitro benzene ring substituents is 1. The van der Waals surface area contributed by atoms with Crippen LogP contribution in [0.5, 0.6) is 5.75 Å². The van der Waals surface area contributed by atoms with Crippen LogP contribution < -0.4 is 19.9 Å². The number of benzene rings is 2. The Labute approximate surface area is 163 Å². The standard InChI is InChI=1S/C20H24N4O4/c1-15-12-17(24(26)27)6-7-19(15)21-20(25)14-22-8-10-23(11-9-22)16-4-3-5-18(13-16)28-2/h3-7,12-13H,8-11,14H2,1-2H3,(H,21,25)/p+1. The lowest BCUT2D eigenvalue weighted by Gasteiger charge is -2.33. The molecule has 8 nitrogen and oxygen atoms in total. The molecule has 1 heterocycles. The number of amides is 1. The van der Waals surface area contributed by atoms with E-state index >= 15 is 0 Å². The van der Waals surface area contributed by atoms with Crippen molar-refractivity contribution < 1.29 is 19.4 Å². The molecule has 0 aromatic heterocycles. The molecule has 2 aromatic rings. The number of hydrogen-bond acceptors (Lipinski definition) is 5. The molecule has 0 spiro atoms. The van der Waals surface area contributed by atoms with Crippen molar-refractivity contribution in [3.05, 3.63) is 58.1 Å². The van der Waals surface area contributed by atoms with Gasteiger partial charge in [-0.2, -0.15) is 0 Å². The van der Waals surface area contributed by atoms with Crippen molar-refractivity contribution in [2.75, 3.05) is 50.1 Å². The van der Waals surface area contributed by atoms with E-state index in [0.717, 1.165) is 37.6 Å². The van der Waals surface area contributed by atoms with Crippen LogP contribution in [0.25, 0.3) is 0 Å². The molecule has 1 fully saturated rings. The smallest absolute Gasteiger partial charge is 0.279 e. The number of ether oxygens (including phenoxy) is 1. The van der Waals surface area contributed by atoms with Gasteiger partial charge in [0.05, 0.1) is 38.2 Å². The zero-order chi connectivity index (χ0) is 20.1. The van der Waals surface area contributed by atoms with Crippen molar-refractivity contribution in [3.8, 4) is 5.75 Å². The predicted octanol–water partition coefficient (Wildman–Crippen LogP) is 1.26. The van der Waals surface area contributed by atoms with Gasteiger partial charge in [-0.3, -0.25) is 14.9 Å². The molecule has 1 saturated heterocycles. The summed E-state index contributed by atoms with van der Waals surface area (Å²) < 4.78 is 5.28. The number of carbonyl (C=O) groups is 1. The summed E-state index contributed by atoms with van der Waals surface area (Å²) >= 11 is 0. The summed E-state index contributed by atoms with van der Waals surface area (Å²) in [6.45, 7) is 5.59. The van der Waals surface area contributed by atoms with Crippen molar-refractivity contribution in [2.24, 2.45) is 0 Å². The fourth-order valence-electron chi connectivity index (χ4n) is 3.39. The van der Waals surface area contributed by atoms with E-state index in [1.165, 1.54) is 17.0 Å². The van der Waals surface area contributed by atoms with Crippen LogP contribution in [0.2, 0.25) is 0 Å². The fraction of sp³-hybridized carbons (Fsp3) is 0.350. The molecule has 1 amide bonds. The minimum Gasteiger partial charge on any atom is -0.497 e. The molecule has 3 rings (SSSR count). The van der Waals surface area contributed by atoms with Gasteiger partial charge in [0.2, 0.25) is 0 Å². The number of piperazine rings is 1. The second kappa shape index (κ2) is 8.71. The Hall–Kier alpha value is -3.13. The number of aryl methyl sites for hydroxylation is 1. The van der Waals surface area contributed by atoms with Crippen LogP contribution in [0, 0.1) is 17.0 Å². The molecule has 1 aliphatic heterocycles. The third kappa shape index (κ3) is 4.77. The van der Waals surface area contributed by atoms with Crippen molar-refractivity contribution in [1.29, 1.82) is 0 Å². The lowest BCUT2D eigenvalue weighted by atomic mass is 10.2. The molecule has 0 aliphatic carbocycles. The van der Waals surface area contributed by atoms with Crippen molar-refractivity contribution in [3.63, 3.8) is 0 Å². The van der Waals surface area contributed by atoms with Gasteiger partial charge in [-0.15, -0.1) is 0 Å². The zero-order valence-electron chi connectivity index (χ0n) is 16.1. The molecular weight excluding hydrogens is 360 g/mol. The van der Waals surface area contributed by atoms with Gasteiger partial charge in [-0.1, -0.05) is 6.07 Å². The summed E-state index contributed by atoms with van der Waals surface area (Å²) in [6.07, 6.45) is 0. The molecule has 0 unspecified atom stereocenters. The Morgan fingerprint density at radius 3 is 2.64 bits per heavy atom. The Kier molecular flexibility index (Phi) is 6.10. The monoisotopic (exact) mass is 385 g/mol. The first-order valence-corrected chi connectivity index (χ1v) is 9.23. The van der Waals surface area contributed by atoms with Crippen LogP contribution in [-0.2, 0) is 4.79 Å². The highest BCUT2D eigenvalue weighted by molar-refractivity contribution is 5.92. The van der Waals surface area contributed by atoms with Gasteiger partial charge in [0.25, 0.3) is 11.6 Å². The van der Waals surface area contributed by atoms with Gasteiger partial charge in [-0.05, 0) is 30.7 Å². The fourth-order valence-corrected chi connectivity index (χ4v) is 3.39. The van der Waals surface area contributed by atoms with E-state index < -0.39 is 4.92 Å². The molecule has 0 bridgehead atoms. The van der Waals surface area contributed by atoms with Crippen LogP contribution >= 0.6 is 0 Å². The maximum Gasteiger partial charge on any atom is 0.279 e. The Morgan fingerprint density at radius 1 is 1.25 bits per heavy atom. The minimum absolute atomic E-state index is 0.0230. The van der Waals surface area contributed by atoms with Gasteiger partial charge in [0.15, 0.2) is 6.54 Å². The molecule has 8 heteroatoms. The SMILES string of the molecule is COc1cccc(N2CC[NH+](CC(=O)Nc3ccc([N+](=O)[O-])cc3C)CC2)c1. The van der Waals surface area contributed by atoms with Crippen LogP contribution in [0.1, 0.15) is 5.56 Å². The molecule has 2 N–H and O–H groups in total. The van der Waals surface area contributed by atoms with Crippen LogP contribution in [-0.4, -0.2) is 50.7 Å². The summed E-state index contributed by atoms with van der Waals surface area (Å²) in [4.78, 5) is 26.3. The number of methoxy groups -OCH3 is 1. The second-order valence-electron chi connectivity index (χ2n) is 6.92. The maximum absolute atomic E-state index is 12.4. The van der Waals surface area contributed by atoms with Crippen molar-refractivity contribution in [1.82, 2.24) is 0 Å². The number of quaternary nitrogens is 1. The number of nitrogens with zero attached hydrogens (tertiary/aromatic N) is 2. The van der Waals surface area contributed by atoms with E-state index in [2.05, 4.69) is 16.3 Å². The zero-order valence-corrected chi connectivity index (χ0v) is 16.1. The number of hydrogen-bond donors (Lipinski definition) is 2. The summed E-state index contributed by atoms with van der Waals surface area (Å²) in [5, 5.41) is 13.7. The lowest BCUT2D eigenvalue weighted by molar-refractivity contribution is -0.892. The van der Waals surface area contributed by atoms with Crippen LogP contribution in [0.4, 0.5) is 17.1 Å². The average Bonchev–Trinajstić information content (AvgIpc) is 2.70. The van der Waals surface area contributed by atoms with E-state index in [1.54, 1.807) is 20.1 Å². The first-order chi connectivity index (χ1) is 13.5. The van der Waals surface area contributed by atoms with Gasteiger partial charge in [0.1, 0.15) is 5.75 Å². The van der Waals surface area contributed by atoms with Crippen LogP contribution in [0.3, 0.4) is 0 Å². The predicted molar refractivity (Wildman–Crippen MR) is 107 cm³/mol. The van der Waals surface area contributed by atoms with Crippen molar-refractivity contribution in [2.45, 2.75) is 6.92 Å². The third-order valence-corrected chi connectivity index (χ3v) is 4.99. The van der Waals surface area contributed by atoms with Gasteiger partial charge in [-0.25, -0.2) is 0 Å². The van der Waals surface area contributed by atoms with Crippen molar-refractivity contribution >= 4 is 23.0 Å². The summed E-state index contributed by atoms with van der Waals surface area (Å²) in [7, 11) is 1.66. The number of rotatable bonds is 6. The summed E-state index contributed by atoms with van der Waals surface area (Å²) in [5.74, 6) is 0.756. The third-order valence-electron chi connectivity index (χ3n) is 4.99. The Bertz CT molecular complexity index is 863. The van der Waals surface area contributed by atoms with Gasteiger partial charge < -0.3 is 19.9 Å². The molecule has 2 aromatic carbocycles. The topological polar surface area (TPSA) is 89.2 Å². The largest absolute Gasteiger partial charge is 0.497 e. The quantitative estimate of drug-likeness (QED) is 0.577. The first kappa shape index (κ1) is 19.6. The van der Waals surface area contributed by atoms with E-state index in [9.17, 15) is 14.9 Å². The number of anilines is 2. The highest BCUT2D eigenvalue weighted by atomic mass is 16.6. The van der Waals surface area contributed by atoms with E-state index in [1.807, 2.05) is 18.2 Å². The van der Waals surface area contributed by atoms with Gasteiger partial charge in [0, 0.05) is 29.6 Å². The molecular formula is C20H25N4O4+. The lowest BCUT2D eigenvalue weighted by Crippen LogP contribution is -3.15. The Morgan fingerprint density at radius 2 is 2.00 bits per heavy atom. The molecule has 0 saturated carbocycles. The number of nitro groups is 1. The first-order valence-electron chi connectivity index (χ1n) is 9.23. The molecule has 0 atom stereocenters. The highest BCUT2D eigenvalue weighted by Crippen LogP contribution is 2.21.